The van der Waals surface area contributed by atoms with Gasteiger partial charge in [0.05, 0.1) is 12.5 Å². The fourth-order valence-corrected chi connectivity index (χ4v) is 2.49. The van der Waals surface area contributed by atoms with Crippen LogP contribution in [-0.4, -0.2) is 30.9 Å². The molecule has 1 aliphatic rings. The van der Waals surface area contributed by atoms with Crippen molar-refractivity contribution in [3.05, 3.63) is 41.5 Å². The summed E-state index contributed by atoms with van der Waals surface area (Å²) in [4.78, 5) is 15.5. The molecule has 1 aromatic heterocycles. The van der Waals surface area contributed by atoms with E-state index in [4.69, 9.17) is 5.11 Å². The molecule has 6 nitrogen and oxygen atoms in total. The number of aryl methyl sites for hydroxylation is 1. The van der Waals surface area contributed by atoms with Gasteiger partial charge in [-0.15, -0.1) is 0 Å². The van der Waals surface area contributed by atoms with E-state index in [0.717, 1.165) is 11.4 Å². The van der Waals surface area contributed by atoms with E-state index in [2.05, 4.69) is 10.1 Å². The summed E-state index contributed by atoms with van der Waals surface area (Å²) in [5.41, 5.74) is 0.933. The molecule has 3 rings (SSSR count). The number of benzene rings is 1. The van der Waals surface area contributed by atoms with Gasteiger partial charge in [-0.2, -0.15) is 5.10 Å². The Kier molecular flexibility index (Phi) is 3.14. The van der Waals surface area contributed by atoms with Crippen molar-refractivity contribution in [2.75, 3.05) is 0 Å². The van der Waals surface area contributed by atoms with Crippen LogP contribution in [-0.2, 0) is 24.2 Å². The Morgan fingerprint density at radius 1 is 1.45 bits per heavy atom. The number of carboxylic acids is 1. The molecular formula is C14H15N3O3. The third kappa shape index (κ3) is 2.49. The van der Waals surface area contributed by atoms with Gasteiger partial charge < -0.3 is 10.2 Å². The Morgan fingerprint density at radius 3 is 3.05 bits per heavy atom. The van der Waals surface area contributed by atoms with Gasteiger partial charge in [-0.05, 0) is 24.1 Å². The van der Waals surface area contributed by atoms with Crippen molar-refractivity contribution in [3.63, 3.8) is 0 Å². The summed E-state index contributed by atoms with van der Waals surface area (Å²) in [6.45, 7) is 0.387. The molecule has 1 aromatic carbocycles. The first-order valence-corrected chi connectivity index (χ1v) is 6.55. The highest BCUT2D eigenvalue weighted by atomic mass is 16.4. The lowest BCUT2D eigenvalue weighted by Crippen LogP contribution is -2.27. The molecule has 0 radical (unpaired) electrons. The van der Waals surface area contributed by atoms with E-state index in [0.29, 0.717) is 31.6 Å². The molecule has 2 aromatic rings. The topological polar surface area (TPSA) is 88.2 Å². The fraction of sp³-hybridized carbons (Fsp3) is 0.357. The van der Waals surface area contributed by atoms with Crippen LogP contribution in [0.1, 0.15) is 23.6 Å². The van der Waals surface area contributed by atoms with Crippen LogP contribution in [0.5, 0.6) is 5.75 Å². The Bertz CT molecular complexity index is 651. The van der Waals surface area contributed by atoms with Crippen LogP contribution < -0.4 is 0 Å². The average molecular weight is 273 g/mol. The van der Waals surface area contributed by atoms with E-state index < -0.39 is 5.97 Å². The van der Waals surface area contributed by atoms with Crippen molar-refractivity contribution >= 4 is 5.97 Å². The highest BCUT2D eigenvalue weighted by Gasteiger charge is 2.26. The third-order valence-electron chi connectivity index (χ3n) is 3.52. The molecule has 20 heavy (non-hydrogen) atoms. The van der Waals surface area contributed by atoms with Crippen molar-refractivity contribution in [2.24, 2.45) is 5.92 Å². The molecule has 1 unspecified atom stereocenters. The van der Waals surface area contributed by atoms with Crippen LogP contribution in [0.3, 0.4) is 0 Å². The summed E-state index contributed by atoms with van der Waals surface area (Å²) >= 11 is 0. The maximum atomic E-state index is 11.0. The monoisotopic (exact) mass is 273 g/mol. The van der Waals surface area contributed by atoms with Crippen molar-refractivity contribution in [1.29, 1.82) is 0 Å². The Morgan fingerprint density at radius 2 is 2.30 bits per heavy atom. The molecule has 0 spiro atoms. The van der Waals surface area contributed by atoms with E-state index in [1.54, 1.807) is 22.9 Å². The van der Waals surface area contributed by atoms with Crippen LogP contribution in [0, 0.1) is 5.92 Å². The molecule has 0 saturated heterocycles. The van der Waals surface area contributed by atoms with E-state index >= 15 is 0 Å². The number of aliphatic carboxylic acids is 1. The van der Waals surface area contributed by atoms with E-state index in [1.807, 2.05) is 6.07 Å². The minimum Gasteiger partial charge on any atom is -0.508 e. The molecule has 6 heteroatoms. The zero-order chi connectivity index (χ0) is 14.1. The largest absolute Gasteiger partial charge is 0.508 e. The van der Waals surface area contributed by atoms with Gasteiger partial charge in [-0.1, -0.05) is 12.1 Å². The summed E-state index contributed by atoms with van der Waals surface area (Å²) in [7, 11) is 0. The second-order valence-electron chi connectivity index (χ2n) is 5.05. The zero-order valence-corrected chi connectivity index (χ0v) is 10.9. The average Bonchev–Trinajstić information content (AvgIpc) is 2.79. The van der Waals surface area contributed by atoms with E-state index in [9.17, 15) is 9.90 Å². The summed E-state index contributed by atoms with van der Waals surface area (Å²) in [6, 6.07) is 6.98. The number of nitrogens with zero attached hydrogens (tertiary/aromatic N) is 3. The van der Waals surface area contributed by atoms with E-state index in [1.165, 1.54) is 0 Å². The molecule has 0 aliphatic carbocycles. The normalized spacial score (nSPS) is 17.7. The minimum absolute atomic E-state index is 0.220. The molecule has 0 amide bonds. The predicted molar refractivity (Wildman–Crippen MR) is 70.4 cm³/mol. The number of carbonyl (C=O) groups is 1. The van der Waals surface area contributed by atoms with Gasteiger partial charge in [0.2, 0.25) is 0 Å². The van der Waals surface area contributed by atoms with Crippen LogP contribution in [0.2, 0.25) is 0 Å². The van der Waals surface area contributed by atoms with Crippen molar-refractivity contribution in [1.82, 2.24) is 14.8 Å². The van der Waals surface area contributed by atoms with Crippen molar-refractivity contribution < 1.29 is 15.0 Å². The van der Waals surface area contributed by atoms with Gasteiger partial charge >= 0.3 is 5.97 Å². The zero-order valence-electron chi connectivity index (χ0n) is 10.9. The number of rotatable bonds is 3. The molecule has 2 heterocycles. The molecule has 0 saturated carbocycles. The first-order chi connectivity index (χ1) is 9.61. The third-order valence-corrected chi connectivity index (χ3v) is 3.52. The number of carboxylic acid groups (broad SMARTS) is 1. The molecule has 104 valence electrons. The molecule has 1 aliphatic heterocycles. The lowest BCUT2D eigenvalue weighted by Gasteiger charge is -2.18. The summed E-state index contributed by atoms with van der Waals surface area (Å²) in [6.07, 6.45) is 1.79. The van der Waals surface area contributed by atoms with Crippen molar-refractivity contribution in [3.8, 4) is 5.75 Å². The first-order valence-electron chi connectivity index (χ1n) is 6.55. The Balaban J connectivity index is 1.79. The van der Waals surface area contributed by atoms with Gasteiger partial charge in [0.1, 0.15) is 11.6 Å². The van der Waals surface area contributed by atoms with Crippen LogP contribution in [0.15, 0.2) is 24.3 Å². The first kappa shape index (κ1) is 12.7. The number of hydrogen-bond donors (Lipinski definition) is 2. The van der Waals surface area contributed by atoms with Gasteiger partial charge in [0.25, 0.3) is 0 Å². The lowest BCUT2D eigenvalue weighted by atomic mass is 10.0. The number of aromatic hydroxyl groups is 1. The lowest BCUT2D eigenvalue weighted by molar-refractivity contribution is -0.142. The fourth-order valence-electron chi connectivity index (χ4n) is 2.49. The summed E-state index contributed by atoms with van der Waals surface area (Å²) in [5.74, 6) is 0.574. The minimum atomic E-state index is -0.777. The molecule has 0 bridgehead atoms. The van der Waals surface area contributed by atoms with Crippen LogP contribution in [0.25, 0.3) is 0 Å². The van der Waals surface area contributed by atoms with Gasteiger partial charge in [0, 0.05) is 12.8 Å². The van der Waals surface area contributed by atoms with E-state index in [-0.39, 0.29) is 11.7 Å². The molecule has 0 fully saturated rings. The number of phenols is 1. The number of aromatic nitrogens is 3. The highest BCUT2D eigenvalue weighted by Crippen LogP contribution is 2.20. The van der Waals surface area contributed by atoms with Gasteiger partial charge in [-0.25, -0.2) is 9.67 Å². The molecule has 2 N–H and O–H groups in total. The highest BCUT2D eigenvalue weighted by molar-refractivity contribution is 5.70. The second kappa shape index (κ2) is 4.96. The van der Waals surface area contributed by atoms with Gasteiger partial charge in [0.15, 0.2) is 5.82 Å². The Hall–Kier alpha value is -2.37. The van der Waals surface area contributed by atoms with Crippen molar-refractivity contribution in [2.45, 2.75) is 25.8 Å². The SMILES string of the molecule is O=C(O)C1CCc2nc(Cc3cccc(O)c3)nn2C1. The standard InChI is InChI=1S/C14H15N3O3/c18-11-3-1-2-9(6-11)7-12-15-13-5-4-10(14(19)20)8-17(13)16-12/h1-3,6,10,18H,4-5,7-8H2,(H,19,20). The molecule has 1 atom stereocenters. The number of phenolic OH excluding ortho intramolecular Hbond substituents is 1. The summed E-state index contributed by atoms with van der Waals surface area (Å²) < 4.78 is 1.69. The quantitative estimate of drug-likeness (QED) is 0.877. The molecular weight excluding hydrogens is 258 g/mol. The maximum Gasteiger partial charge on any atom is 0.308 e. The Labute approximate surface area is 115 Å². The van der Waals surface area contributed by atoms with Crippen LogP contribution >= 0.6 is 0 Å². The smallest absolute Gasteiger partial charge is 0.308 e. The number of hydrogen-bond acceptors (Lipinski definition) is 4. The predicted octanol–water partition coefficient (Wildman–Crippen LogP) is 1.22. The van der Waals surface area contributed by atoms with Gasteiger partial charge in [-0.3, -0.25) is 4.79 Å². The number of fused-ring (bicyclic) bond motifs is 1. The maximum absolute atomic E-state index is 11.0. The van der Waals surface area contributed by atoms with Crippen LogP contribution in [0.4, 0.5) is 0 Å². The summed E-state index contributed by atoms with van der Waals surface area (Å²) in [5, 5.41) is 22.9. The second-order valence-corrected chi connectivity index (χ2v) is 5.05.